The lowest BCUT2D eigenvalue weighted by Crippen LogP contribution is -2.54. The summed E-state index contributed by atoms with van der Waals surface area (Å²) in [4.78, 5) is 11.3. The van der Waals surface area contributed by atoms with E-state index in [1.54, 1.807) is 18.2 Å². The van der Waals surface area contributed by atoms with Gasteiger partial charge in [-0.2, -0.15) is 0 Å². The highest BCUT2D eigenvalue weighted by molar-refractivity contribution is 5.82. The van der Waals surface area contributed by atoms with Crippen LogP contribution in [0, 0.1) is 0 Å². The van der Waals surface area contributed by atoms with E-state index in [4.69, 9.17) is 10.5 Å². The molecule has 1 aliphatic heterocycles. The second kappa shape index (κ2) is 3.22. The molecule has 0 amide bonds. The number of carbonyl (C=O) groups is 1. The number of hydrogen-bond acceptors (Lipinski definition) is 3. The molecule has 0 radical (unpaired) electrons. The molecule has 1 atom stereocenters. The molecule has 0 aliphatic carbocycles. The summed E-state index contributed by atoms with van der Waals surface area (Å²) in [6.45, 7) is 3.68. The summed E-state index contributed by atoms with van der Waals surface area (Å²) in [6, 6.07) is 7.03. The van der Waals surface area contributed by atoms with Gasteiger partial charge in [-0.15, -0.1) is 0 Å². The summed E-state index contributed by atoms with van der Waals surface area (Å²) in [5.74, 6) is -0.458. The van der Waals surface area contributed by atoms with Gasteiger partial charge in [-0.05, 0) is 19.9 Å². The molecule has 0 saturated carbocycles. The van der Waals surface area contributed by atoms with Crippen LogP contribution in [0.15, 0.2) is 24.3 Å². The molecule has 16 heavy (non-hydrogen) atoms. The van der Waals surface area contributed by atoms with E-state index >= 15 is 0 Å². The van der Waals surface area contributed by atoms with Crippen molar-refractivity contribution >= 4 is 5.97 Å². The Morgan fingerprint density at radius 2 is 2.06 bits per heavy atom. The summed E-state index contributed by atoms with van der Waals surface area (Å²) in [5.41, 5.74) is 4.62. The largest absolute Gasteiger partial charge is 0.487 e. The van der Waals surface area contributed by atoms with Crippen molar-refractivity contribution in [1.82, 2.24) is 0 Å². The summed E-state index contributed by atoms with van der Waals surface area (Å²) >= 11 is 0. The number of rotatable bonds is 1. The Bertz CT molecular complexity index is 442. The fraction of sp³-hybridized carbons (Fsp3) is 0.417. The highest BCUT2D eigenvalue weighted by atomic mass is 16.5. The molecule has 2 rings (SSSR count). The van der Waals surface area contributed by atoms with E-state index in [1.807, 2.05) is 19.9 Å². The first-order valence-electron chi connectivity index (χ1n) is 5.16. The topological polar surface area (TPSA) is 72.6 Å². The zero-order valence-electron chi connectivity index (χ0n) is 9.36. The third kappa shape index (κ3) is 1.55. The maximum absolute atomic E-state index is 11.3. The number of para-hydroxylation sites is 1. The fourth-order valence-electron chi connectivity index (χ4n) is 2.22. The van der Waals surface area contributed by atoms with Crippen molar-refractivity contribution in [2.45, 2.75) is 31.4 Å². The van der Waals surface area contributed by atoms with Crippen LogP contribution in [0.2, 0.25) is 0 Å². The summed E-state index contributed by atoms with van der Waals surface area (Å²) in [5, 5.41) is 9.30. The molecule has 86 valence electrons. The average molecular weight is 221 g/mol. The van der Waals surface area contributed by atoms with Gasteiger partial charge >= 0.3 is 5.97 Å². The minimum Gasteiger partial charge on any atom is -0.487 e. The molecule has 0 spiro atoms. The number of carboxylic acid groups (broad SMARTS) is 1. The van der Waals surface area contributed by atoms with Gasteiger partial charge in [0, 0.05) is 12.0 Å². The van der Waals surface area contributed by atoms with Crippen LogP contribution >= 0.6 is 0 Å². The van der Waals surface area contributed by atoms with Gasteiger partial charge in [-0.1, -0.05) is 18.2 Å². The molecular formula is C12H15NO3. The lowest BCUT2D eigenvalue weighted by Gasteiger charge is -2.41. The van der Waals surface area contributed by atoms with Gasteiger partial charge in [0.25, 0.3) is 0 Å². The molecule has 1 heterocycles. The number of benzene rings is 1. The first kappa shape index (κ1) is 11.0. The minimum absolute atomic E-state index is 0.256. The molecule has 3 N–H and O–H groups in total. The summed E-state index contributed by atoms with van der Waals surface area (Å²) < 4.78 is 5.72. The second-order valence-electron chi connectivity index (χ2n) is 4.81. The van der Waals surface area contributed by atoms with Crippen LogP contribution < -0.4 is 10.5 Å². The Morgan fingerprint density at radius 1 is 1.44 bits per heavy atom. The van der Waals surface area contributed by atoms with Gasteiger partial charge in [0.1, 0.15) is 16.9 Å². The Morgan fingerprint density at radius 3 is 2.69 bits per heavy atom. The van der Waals surface area contributed by atoms with Crippen LogP contribution in [-0.2, 0) is 10.3 Å². The van der Waals surface area contributed by atoms with Crippen LogP contribution in [0.4, 0.5) is 0 Å². The SMILES string of the molecule is CC1(C)CC(N)(C(=O)O)c2ccccc2O1. The molecule has 1 aliphatic rings. The Labute approximate surface area is 94.0 Å². The maximum atomic E-state index is 11.3. The van der Waals surface area contributed by atoms with Crippen molar-refractivity contribution in [1.29, 1.82) is 0 Å². The average Bonchev–Trinajstić information content (AvgIpc) is 2.15. The number of hydrogen-bond donors (Lipinski definition) is 2. The van der Waals surface area contributed by atoms with E-state index in [0.29, 0.717) is 11.3 Å². The van der Waals surface area contributed by atoms with Crippen molar-refractivity contribution in [2.75, 3.05) is 0 Å². The second-order valence-corrected chi connectivity index (χ2v) is 4.81. The van der Waals surface area contributed by atoms with E-state index in [-0.39, 0.29) is 6.42 Å². The normalized spacial score (nSPS) is 26.7. The van der Waals surface area contributed by atoms with Gasteiger partial charge in [0.15, 0.2) is 0 Å². The predicted molar refractivity (Wildman–Crippen MR) is 59.3 cm³/mol. The zero-order valence-corrected chi connectivity index (χ0v) is 9.36. The number of fused-ring (bicyclic) bond motifs is 1. The smallest absolute Gasteiger partial charge is 0.328 e. The monoisotopic (exact) mass is 221 g/mol. The van der Waals surface area contributed by atoms with E-state index in [9.17, 15) is 9.90 Å². The Kier molecular flexibility index (Phi) is 2.20. The highest BCUT2D eigenvalue weighted by Gasteiger charge is 2.47. The number of nitrogens with two attached hydrogens (primary N) is 1. The van der Waals surface area contributed by atoms with Crippen LogP contribution in [0.5, 0.6) is 5.75 Å². The standard InChI is InChI=1S/C12H15NO3/c1-11(2)7-12(13,10(14)15)8-5-3-4-6-9(8)16-11/h3-6H,7,13H2,1-2H3,(H,14,15). The third-order valence-electron chi connectivity index (χ3n) is 2.84. The molecule has 1 unspecified atom stereocenters. The van der Waals surface area contributed by atoms with Gasteiger partial charge in [0.05, 0.1) is 0 Å². The van der Waals surface area contributed by atoms with Crippen molar-refractivity contribution in [3.8, 4) is 5.75 Å². The maximum Gasteiger partial charge on any atom is 0.328 e. The van der Waals surface area contributed by atoms with Crippen LogP contribution in [-0.4, -0.2) is 16.7 Å². The van der Waals surface area contributed by atoms with E-state index in [2.05, 4.69) is 0 Å². The van der Waals surface area contributed by atoms with Crippen molar-refractivity contribution in [2.24, 2.45) is 5.73 Å². The van der Waals surface area contributed by atoms with E-state index in [0.717, 1.165) is 0 Å². The first-order chi connectivity index (χ1) is 7.35. The summed E-state index contributed by atoms with van der Waals surface area (Å²) in [7, 11) is 0. The Hall–Kier alpha value is -1.55. The molecular weight excluding hydrogens is 206 g/mol. The Balaban J connectivity index is 2.60. The van der Waals surface area contributed by atoms with Crippen LogP contribution in [0.25, 0.3) is 0 Å². The molecule has 4 heteroatoms. The van der Waals surface area contributed by atoms with Crippen LogP contribution in [0.1, 0.15) is 25.8 Å². The lowest BCUT2D eigenvalue weighted by molar-refractivity contribution is -0.147. The number of carboxylic acids is 1. The quantitative estimate of drug-likeness (QED) is 0.753. The molecule has 0 fully saturated rings. The fourth-order valence-corrected chi connectivity index (χ4v) is 2.22. The van der Waals surface area contributed by atoms with E-state index in [1.165, 1.54) is 0 Å². The zero-order chi connectivity index (χ0) is 12.0. The lowest BCUT2D eigenvalue weighted by atomic mass is 9.78. The van der Waals surface area contributed by atoms with Gasteiger partial charge in [-0.25, -0.2) is 4.79 Å². The number of ether oxygens (including phenoxy) is 1. The minimum atomic E-state index is -1.36. The number of aliphatic carboxylic acids is 1. The molecule has 1 aromatic carbocycles. The summed E-state index contributed by atoms with van der Waals surface area (Å²) in [6.07, 6.45) is 0.256. The molecule has 1 aromatic rings. The molecule has 0 saturated heterocycles. The first-order valence-corrected chi connectivity index (χ1v) is 5.16. The van der Waals surface area contributed by atoms with Crippen molar-refractivity contribution < 1.29 is 14.6 Å². The van der Waals surface area contributed by atoms with Gasteiger partial charge in [-0.3, -0.25) is 0 Å². The molecule has 4 nitrogen and oxygen atoms in total. The molecule has 0 bridgehead atoms. The van der Waals surface area contributed by atoms with E-state index < -0.39 is 17.1 Å². The predicted octanol–water partition coefficient (Wildman–Crippen LogP) is 1.49. The third-order valence-corrected chi connectivity index (χ3v) is 2.84. The van der Waals surface area contributed by atoms with Gasteiger partial charge < -0.3 is 15.6 Å². The highest BCUT2D eigenvalue weighted by Crippen LogP contribution is 2.41. The molecule has 0 aromatic heterocycles. The van der Waals surface area contributed by atoms with Crippen molar-refractivity contribution in [3.05, 3.63) is 29.8 Å². The van der Waals surface area contributed by atoms with Crippen LogP contribution in [0.3, 0.4) is 0 Å². The van der Waals surface area contributed by atoms with Crippen molar-refractivity contribution in [3.63, 3.8) is 0 Å². The van der Waals surface area contributed by atoms with Gasteiger partial charge in [0.2, 0.25) is 0 Å².